The number of para-hydroxylation sites is 2. The molecule has 0 aliphatic carbocycles. The van der Waals surface area contributed by atoms with Crippen molar-refractivity contribution in [3.8, 4) is 6.01 Å². The van der Waals surface area contributed by atoms with Gasteiger partial charge >= 0.3 is 6.09 Å². The molecule has 0 spiro atoms. The number of aromatic nitrogens is 2. The number of rotatable bonds is 5. The molecule has 1 fully saturated rings. The predicted octanol–water partition coefficient (Wildman–Crippen LogP) is 5.00. The van der Waals surface area contributed by atoms with Gasteiger partial charge in [0.25, 0.3) is 6.01 Å². The molecule has 6 nitrogen and oxygen atoms in total. The number of benzene rings is 2. The third-order valence-corrected chi connectivity index (χ3v) is 5.28. The van der Waals surface area contributed by atoms with E-state index in [4.69, 9.17) is 9.47 Å². The number of hydrogen-bond donors (Lipinski definition) is 0. The maximum absolute atomic E-state index is 13.3. The van der Waals surface area contributed by atoms with E-state index in [0.29, 0.717) is 25.7 Å². The largest absolute Gasteiger partial charge is 0.462 e. The van der Waals surface area contributed by atoms with Crippen LogP contribution in [0.3, 0.4) is 0 Å². The molecule has 1 unspecified atom stereocenters. The van der Waals surface area contributed by atoms with Crippen molar-refractivity contribution in [2.24, 2.45) is 0 Å². The quantitative estimate of drug-likeness (QED) is 0.577. The van der Waals surface area contributed by atoms with Gasteiger partial charge in [-0.3, -0.25) is 4.57 Å². The minimum absolute atomic E-state index is 0.0612. The number of ether oxygens (including phenoxy) is 2. The molecule has 1 amide bonds. The number of amides is 1. The van der Waals surface area contributed by atoms with Crippen molar-refractivity contribution >= 4 is 17.1 Å². The van der Waals surface area contributed by atoms with Crippen LogP contribution in [-0.2, 0) is 11.3 Å². The minimum atomic E-state index is -0.534. The highest BCUT2D eigenvalue weighted by atomic mass is 19.1. The van der Waals surface area contributed by atoms with E-state index in [9.17, 15) is 9.18 Å². The van der Waals surface area contributed by atoms with Crippen molar-refractivity contribution in [1.82, 2.24) is 14.5 Å². The summed E-state index contributed by atoms with van der Waals surface area (Å²) < 4.78 is 27.0. The Morgan fingerprint density at radius 3 is 2.65 bits per heavy atom. The monoisotopic (exact) mass is 425 g/mol. The Labute approximate surface area is 181 Å². The van der Waals surface area contributed by atoms with Gasteiger partial charge in [-0.2, -0.15) is 4.98 Å². The lowest BCUT2D eigenvalue weighted by Gasteiger charge is -2.28. The second kappa shape index (κ2) is 8.57. The molecule has 1 aromatic heterocycles. The van der Waals surface area contributed by atoms with Crippen LogP contribution in [0.2, 0.25) is 0 Å². The van der Waals surface area contributed by atoms with Crippen molar-refractivity contribution < 1.29 is 18.7 Å². The van der Waals surface area contributed by atoms with Gasteiger partial charge in [-0.1, -0.05) is 24.3 Å². The summed E-state index contributed by atoms with van der Waals surface area (Å²) in [6.45, 7) is 7.11. The van der Waals surface area contributed by atoms with Crippen LogP contribution >= 0.6 is 0 Å². The fourth-order valence-corrected chi connectivity index (χ4v) is 3.83. The molecule has 7 heteroatoms. The molecule has 3 aromatic rings. The maximum atomic E-state index is 13.3. The number of likely N-dealkylation sites (tertiary alicyclic amines) is 1. The summed E-state index contributed by atoms with van der Waals surface area (Å²) in [5, 5.41) is 0. The van der Waals surface area contributed by atoms with Gasteiger partial charge in [0.2, 0.25) is 0 Å². The smallest absolute Gasteiger partial charge is 0.410 e. The molecule has 1 saturated heterocycles. The Morgan fingerprint density at radius 1 is 1.16 bits per heavy atom. The summed E-state index contributed by atoms with van der Waals surface area (Å²) in [5.74, 6) is -0.265. The standard InChI is InChI=1S/C24H28FN3O3/c1-24(2,3)31-23(29)27-14-6-7-19(27)16-30-22-26-20-8-4-5-9-21(20)28(22)15-17-10-12-18(25)13-11-17/h4-5,8-13,19H,6-7,14-16H2,1-3H3. The van der Waals surface area contributed by atoms with Gasteiger partial charge < -0.3 is 14.4 Å². The van der Waals surface area contributed by atoms with Gasteiger partial charge in [0.1, 0.15) is 18.0 Å². The van der Waals surface area contributed by atoms with Crippen LogP contribution in [0.25, 0.3) is 11.0 Å². The van der Waals surface area contributed by atoms with E-state index in [2.05, 4.69) is 4.98 Å². The predicted molar refractivity (Wildman–Crippen MR) is 117 cm³/mol. The lowest BCUT2D eigenvalue weighted by atomic mass is 10.2. The molecule has 0 N–H and O–H groups in total. The lowest BCUT2D eigenvalue weighted by molar-refractivity contribution is 0.0183. The average molecular weight is 426 g/mol. The highest BCUT2D eigenvalue weighted by Crippen LogP contribution is 2.25. The van der Waals surface area contributed by atoms with Gasteiger partial charge in [0.15, 0.2) is 0 Å². The fraction of sp³-hybridized carbons (Fsp3) is 0.417. The Morgan fingerprint density at radius 2 is 1.90 bits per heavy atom. The Bertz CT molecular complexity index is 1060. The summed E-state index contributed by atoms with van der Waals surface area (Å²) in [5.41, 5.74) is 2.19. The fourth-order valence-electron chi connectivity index (χ4n) is 3.83. The molecule has 0 bridgehead atoms. The van der Waals surface area contributed by atoms with Gasteiger partial charge in [-0.05, 0) is 63.4 Å². The van der Waals surface area contributed by atoms with E-state index in [1.54, 1.807) is 17.0 Å². The first-order chi connectivity index (χ1) is 14.8. The molecule has 1 aliphatic rings. The van der Waals surface area contributed by atoms with Crippen molar-refractivity contribution in [2.45, 2.75) is 51.8 Å². The Kier molecular flexibility index (Phi) is 5.85. The molecule has 164 valence electrons. The van der Waals surface area contributed by atoms with Crippen LogP contribution in [0.5, 0.6) is 6.01 Å². The molecule has 1 aliphatic heterocycles. The van der Waals surface area contributed by atoms with Gasteiger partial charge in [0.05, 0.1) is 23.6 Å². The molecule has 2 aromatic carbocycles. The first-order valence-corrected chi connectivity index (χ1v) is 10.6. The molecule has 0 radical (unpaired) electrons. The molecule has 4 rings (SSSR count). The number of nitrogens with zero attached hydrogens (tertiary/aromatic N) is 3. The molecule has 0 saturated carbocycles. The SMILES string of the molecule is CC(C)(C)OC(=O)N1CCCC1COc1nc2ccccc2n1Cc1ccc(F)cc1. The zero-order chi connectivity index (χ0) is 22.0. The number of halogens is 1. The number of hydrogen-bond acceptors (Lipinski definition) is 4. The van der Waals surface area contributed by atoms with Crippen LogP contribution < -0.4 is 4.74 Å². The molecular formula is C24H28FN3O3. The van der Waals surface area contributed by atoms with Crippen LogP contribution in [0.1, 0.15) is 39.2 Å². The van der Waals surface area contributed by atoms with Crippen LogP contribution in [0, 0.1) is 5.82 Å². The number of carbonyl (C=O) groups is 1. The van der Waals surface area contributed by atoms with E-state index < -0.39 is 5.60 Å². The first kappa shape index (κ1) is 21.2. The third kappa shape index (κ3) is 4.98. The van der Waals surface area contributed by atoms with Crippen molar-refractivity contribution in [2.75, 3.05) is 13.2 Å². The van der Waals surface area contributed by atoms with Gasteiger partial charge in [-0.15, -0.1) is 0 Å². The van der Waals surface area contributed by atoms with Crippen LogP contribution in [0.15, 0.2) is 48.5 Å². The summed E-state index contributed by atoms with van der Waals surface area (Å²) >= 11 is 0. The van der Waals surface area contributed by atoms with Gasteiger partial charge in [-0.25, -0.2) is 9.18 Å². The van der Waals surface area contributed by atoms with Crippen LogP contribution in [-0.4, -0.2) is 45.3 Å². The summed E-state index contributed by atoms with van der Waals surface area (Å²) in [7, 11) is 0. The summed E-state index contributed by atoms with van der Waals surface area (Å²) in [6, 6.07) is 14.7. The minimum Gasteiger partial charge on any atom is -0.462 e. The van der Waals surface area contributed by atoms with Crippen molar-refractivity contribution in [3.05, 3.63) is 59.9 Å². The lowest BCUT2D eigenvalue weighted by Crippen LogP contribution is -2.42. The summed E-state index contributed by atoms with van der Waals surface area (Å²) in [4.78, 5) is 19.0. The van der Waals surface area contributed by atoms with Crippen LogP contribution in [0.4, 0.5) is 9.18 Å². The highest BCUT2D eigenvalue weighted by Gasteiger charge is 2.33. The molecule has 1 atom stereocenters. The average Bonchev–Trinajstić information content (AvgIpc) is 3.32. The van der Waals surface area contributed by atoms with E-state index in [-0.39, 0.29) is 18.0 Å². The number of imidazole rings is 1. The zero-order valence-corrected chi connectivity index (χ0v) is 18.2. The van der Waals surface area contributed by atoms with Crippen molar-refractivity contribution in [3.63, 3.8) is 0 Å². The topological polar surface area (TPSA) is 56.6 Å². The maximum Gasteiger partial charge on any atom is 0.410 e. The number of fused-ring (bicyclic) bond motifs is 1. The molecule has 31 heavy (non-hydrogen) atoms. The Balaban J connectivity index is 1.53. The zero-order valence-electron chi connectivity index (χ0n) is 18.2. The van der Waals surface area contributed by atoms with E-state index >= 15 is 0 Å². The van der Waals surface area contributed by atoms with Gasteiger partial charge in [0, 0.05) is 6.54 Å². The number of carbonyl (C=O) groups excluding carboxylic acids is 1. The van der Waals surface area contributed by atoms with E-state index in [0.717, 1.165) is 29.4 Å². The Hall–Kier alpha value is -3.09. The van der Waals surface area contributed by atoms with E-state index in [1.807, 2.05) is 49.6 Å². The molecular weight excluding hydrogens is 397 g/mol. The third-order valence-electron chi connectivity index (χ3n) is 5.28. The first-order valence-electron chi connectivity index (χ1n) is 10.6. The highest BCUT2D eigenvalue weighted by molar-refractivity contribution is 5.76. The van der Waals surface area contributed by atoms with E-state index in [1.165, 1.54) is 12.1 Å². The van der Waals surface area contributed by atoms with Crippen molar-refractivity contribution in [1.29, 1.82) is 0 Å². The molecule has 2 heterocycles. The normalized spacial score (nSPS) is 16.6. The summed E-state index contributed by atoms with van der Waals surface area (Å²) in [6.07, 6.45) is 1.47. The second-order valence-corrected chi connectivity index (χ2v) is 8.88. The second-order valence-electron chi connectivity index (χ2n) is 8.88.